The van der Waals surface area contributed by atoms with E-state index in [9.17, 15) is 4.79 Å². The Morgan fingerprint density at radius 1 is 1.00 bits per heavy atom. The first-order chi connectivity index (χ1) is 16.5. The number of benzene rings is 3. The van der Waals surface area contributed by atoms with Crippen LogP contribution in [-0.4, -0.2) is 35.9 Å². The second kappa shape index (κ2) is 9.49. The molecule has 1 atom stereocenters. The van der Waals surface area contributed by atoms with Crippen molar-refractivity contribution in [2.75, 3.05) is 19.0 Å². The number of amides is 1. The highest BCUT2D eigenvalue weighted by Crippen LogP contribution is 2.40. The van der Waals surface area contributed by atoms with Gasteiger partial charge in [-0.25, -0.2) is 5.01 Å². The molecule has 0 saturated carbocycles. The molecule has 1 amide bonds. The van der Waals surface area contributed by atoms with Crippen molar-refractivity contribution in [2.45, 2.75) is 12.5 Å². The number of nitrogens with zero attached hydrogens (tertiary/aromatic N) is 4. The number of hydrogen-bond acceptors (Lipinski definition) is 5. The van der Waals surface area contributed by atoms with E-state index in [0.717, 1.165) is 34.5 Å². The summed E-state index contributed by atoms with van der Waals surface area (Å²) in [5.74, 6) is -0.250. The van der Waals surface area contributed by atoms with Gasteiger partial charge >= 0.3 is 0 Å². The molecule has 2 heterocycles. The molecule has 7 heteroatoms. The molecule has 0 radical (unpaired) electrons. The summed E-state index contributed by atoms with van der Waals surface area (Å²) in [6.45, 7) is 0. The summed E-state index contributed by atoms with van der Waals surface area (Å²) in [7, 11) is 4.05. The first kappa shape index (κ1) is 22.4. The Morgan fingerprint density at radius 3 is 2.38 bits per heavy atom. The van der Waals surface area contributed by atoms with Crippen LogP contribution >= 0.6 is 23.4 Å². The quantitative estimate of drug-likeness (QED) is 0.410. The third-order valence-corrected chi connectivity index (χ3v) is 7.01. The fraction of sp³-hybridized carbons (Fsp3) is 0.148. The van der Waals surface area contributed by atoms with E-state index in [1.165, 1.54) is 11.8 Å². The Kier molecular flexibility index (Phi) is 6.26. The van der Waals surface area contributed by atoms with Gasteiger partial charge in [-0.3, -0.25) is 4.79 Å². The largest absolute Gasteiger partial charge is 0.378 e. The molecule has 3 aromatic rings. The first-order valence-electron chi connectivity index (χ1n) is 11.0. The van der Waals surface area contributed by atoms with Gasteiger partial charge in [0.05, 0.1) is 16.7 Å². The van der Waals surface area contributed by atoms with Crippen molar-refractivity contribution in [3.8, 4) is 0 Å². The standard InChI is InChI=1S/C27H23ClN4OS/c1-31(2)22-14-10-20(11-15-22)24-17-23(19-6-4-3-5-7-19)30-32(24)27-29-26(33)25(34-27)16-18-8-12-21(28)13-9-18/h3-16,24H,17H2,1-2H3/b25-16-. The molecular weight excluding hydrogens is 464 g/mol. The van der Waals surface area contributed by atoms with Crippen molar-refractivity contribution in [1.82, 2.24) is 5.01 Å². The first-order valence-corrected chi connectivity index (χ1v) is 12.1. The average Bonchev–Trinajstić information content (AvgIpc) is 3.45. The van der Waals surface area contributed by atoms with Crippen molar-refractivity contribution in [3.63, 3.8) is 0 Å². The van der Waals surface area contributed by atoms with Crippen LogP contribution in [0.5, 0.6) is 0 Å². The van der Waals surface area contributed by atoms with Gasteiger partial charge in [0.25, 0.3) is 5.91 Å². The van der Waals surface area contributed by atoms with Gasteiger partial charge in [0.1, 0.15) is 0 Å². The van der Waals surface area contributed by atoms with Crippen molar-refractivity contribution in [1.29, 1.82) is 0 Å². The monoisotopic (exact) mass is 486 g/mol. The molecule has 0 aromatic heterocycles. The number of thioether (sulfide) groups is 1. The van der Waals surface area contributed by atoms with Crippen molar-refractivity contribution in [3.05, 3.63) is 105 Å². The van der Waals surface area contributed by atoms with Crippen LogP contribution in [0.4, 0.5) is 5.69 Å². The highest BCUT2D eigenvalue weighted by Gasteiger charge is 2.36. The number of hydrazone groups is 1. The lowest BCUT2D eigenvalue weighted by Gasteiger charge is -2.23. The predicted molar refractivity (Wildman–Crippen MR) is 142 cm³/mol. The lowest BCUT2D eigenvalue weighted by atomic mass is 9.98. The Labute approximate surface area is 208 Å². The number of halogens is 1. The molecule has 5 rings (SSSR count). The van der Waals surface area contributed by atoms with Crippen LogP contribution < -0.4 is 4.90 Å². The molecule has 3 aromatic carbocycles. The number of hydrogen-bond donors (Lipinski definition) is 0. The van der Waals surface area contributed by atoms with Gasteiger partial charge in [-0.2, -0.15) is 10.1 Å². The molecule has 0 N–H and O–H groups in total. The third kappa shape index (κ3) is 4.65. The van der Waals surface area contributed by atoms with Crippen LogP contribution in [0.1, 0.15) is 29.2 Å². The molecule has 0 aliphatic carbocycles. The fourth-order valence-electron chi connectivity index (χ4n) is 3.95. The van der Waals surface area contributed by atoms with Crippen LogP contribution in [0, 0.1) is 0 Å². The van der Waals surface area contributed by atoms with Gasteiger partial charge in [-0.1, -0.05) is 66.2 Å². The van der Waals surface area contributed by atoms with Crippen molar-refractivity contribution < 1.29 is 4.79 Å². The number of amidine groups is 1. The zero-order chi connectivity index (χ0) is 23.7. The third-order valence-electron chi connectivity index (χ3n) is 5.78. The van der Waals surface area contributed by atoms with E-state index in [0.29, 0.717) is 15.1 Å². The summed E-state index contributed by atoms with van der Waals surface area (Å²) in [4.78, 5) is 19.8. The molecule has 34 heavy (non-hydrogen) atoms. The maximum atomic E-state index is 12.7. The van der Waals surface area contributed by atoms with E-state index in [2.05, 4.69) is 46.3 Å². The zero-order valence-corrected chi connectivity index (χ0v) is 20.4. The molecule has 0 spiro atoms. The SMILES string of the molecule is CN(C)c1ccc(C2CC(c3ccccc3)=NN2C2=NC(=O)/C(=C/c3ccc(Cl)cc3)S2)cc1. The smallest absolute Gasteiger partial charge is 0.286 e. The van der Waals surface area contributed by atoms with Crippen molar-refractivity contribution in [2.24, 2.45) is 10.1 Å². The van der Waals surface area contributed by atoms with Gasteiger partial charge in [0.2, 0.25) is 0 Å². The molecule has 1 unspecified atom stereocenters. The highest BCUT2D eigenvalue weighted by molar-refractivity contribution is 8.18. The van der Waals surface area contributed by atoms with Gasteiger partial charge < -0.3 is 4.90 Å². The van der Waals surface area contributed by atoms with Gasteiger partial charge in [0, 0.05) is 31.2 Å². The number of rotatable bonds is 4. The summed E-state index contributed by atoms with van der Waals surface area (Å²) < 4.78 is 0. The summed E-state index contributed by atoms with van der Waals surface area (Å²) >= 11 is 7.35. The summed E-state index contributed by atoms with van der Waals surface area (Å²) in [6.07, 6.45) is 2.58. The van der Waals surface area contributed by atoms with E-state index in [-0.39, 0.29) is 11.9 Å². The Balaban J connectivity index is 1.47. The van der Waals surface area contributed by atoms with Crippen LogP contribution in [0.2, 0.25) is 5.02 Å². The van der Waals surface area contributed by atoms with Gasteiger partial charge in [-0.15, -0.1) is 0 Å². The minimum atomic E-state index is -0.250. The van der Waals surface area contributed by atoms with Crippen LogP contribution in [0.3, 0.4) is 0 Å². The average molecular weight is 487 g/mol. The minimum Gasteiger partial charge on any atom is -0.378 e. The number of anilines is 1. The van der Waals surface area contributed by atoms with E-state index in [1.807, 2.05) is 67.6 Å². The number of aliphatic imine (C=N–C) groups is 1. The molecule has 0 bridgehead atoms. The van der Waals surface area contributed by atoms with E-state index in [4.69, 9.17) is 16.7 Å². The second-order valence-corrected chi connectivity index (χ2v) is 9.77. The lowest BCUT2D eigenvalue weighted by molar-refractivity contribution is -0.113. The molecular formula is C27H23ClN4OS. The summed E-state index contributed by atoms with van der Waals surface area (Å²) in [5.41, 5.74) is 5.22. The number of carbonyl (C=O) groups is 1. The molecule has 170 valence electrons. The molecule has 5 nitrogen and oxygen atoms in total. The maximum Gasteiger partial charge on any atom is 0.286 e. The Hall–Kier alpha value is -3.35. The minimum absolute atomic E-state index is 0.0413. The second-order valence-electron chi connectivity index (χ2n) is 8.32. The summed E-state index contributed by atoms with van der Waals surface area (Å²) in [6, 6.07) is 26.0. The highest BCUT2D eigenvalue weighted by atomic mass is 35.5. The molecule has 2 aliphatic heterocycles. The Morgan fingerprint density at radius 2 is 1.71 bits per heavy atom. The lowest BCUT2D eigenvalue weighted by Crippen LogP contribution is -2.23. The van der Waals surface area contributed by atoms with Crippen LogP contribution in [0.15, 0.2) is 93.9 Å². The topological polar surface area (TPSA) is 48.3 Å². The van der Waals surface area contributed by atoms with Gasteiger partial charge in [0.15, 0.2) is 5.17 Å². The summed E-state index contributed by atoms with van der Waals surface area (Å²) in [5, 5.41) is 8.09. The maximum absolute atomic E-state index is 12.7. The van der Waals surface area contributed by atoms with E-state index in [1.54, 1.807) is 0 Å². The Bertz CT molecular complexity index is 1300. The molecule has 0 saturated heterocycles. The molecule has 2 aliphatic rings. The van der Waals surface area contributed by atoms with Crippen molar-refractivity contribution >= 4 is 51.9 Å². The number of carbonyl (C=O) groups excluding carboxylic acids is 1. The van der Waals surface area contributed by atoms with E-state index >= 15 is 0 Å². The molecule has 0 fully saturated rings. The normalized spacial score (nSPS) is 18.9. The van der Waals surface area contributed by atoms with Crippen LogP contribution in [-0.2, 0) is 4.79 Å². The van der Waals surface area contributed by atoms with E-state index < -0.39 is 0 Å². The predicted octanol–water partition coefficient (Wildman–Crippen LogP) is 6.23. The van der Waals surface area contributed by atoms with Crippen LogP contribution in [0.25, 0.3) is 6.08 Å². The zero-order valence-electron chi connectivity index (χ0n) is 18.9. The fourth-order valence-corrected chi connectivity index (χ4v) is 4.99. The van der Waals surface area contributed by atoms with Gasteiger partial charge in [-0.05, 0) is 58.8 Å².